The highest BCUT2D eigenvalue weighted by molar-refractivity contribution is 5.70. The number of aliphatic hydroxyl groups is 1. The summed E-state index contributed by atoms with van der Waals surface area (Å²) >= 11 is 0. The van der Waals surface area contributed by atoms with Crippen molar-refractivity contribution in [3.63, 3.8) is 0 Å². The Hall–Kier alpha value is -0.610. The molecule has 1 aliphatic carbocycles. The van der Waals surface area contributed by atoms with E-state index in [2.05, 4.69) is 5.32 Å². The number of nitrogens with one attached hydrogen (secondary N) is 1. The van der Waals surface area contributed by atoms with Crippen LogP contribution < -0.4 is 5.32 Å². The van der Waals surface area contributed by atoms with Gasteiger partial charge in [-0.2, -0.15) is 0 Å². The minimum absolute atomic E-state index is 0.134. The Labute approximate surface area is 97.0 Å². The van der Waals surface area contributed by atoms with E-state index in [1.165, 1.54) is 0 Å². The van der Waals surface area contributed by atoms with Crippen LogP contribution in [0.25, 0.3) is 0 Å². The van der Waals surface area contributed by atoms with Gasteiger partial charge in [0.15, 0.2) is 0 Å². The van der Waals surface area contributed by atoms with Gasteiger partial charge in [0.05, 0.1) is 5.92 Å². The van der Waals surface area contributed by atoms with Crippen LogP contribution in [0.4, 0.5) is 0 Å². The quantitative estimate of drug-likeness (QED) is 0.548. The van der Waals surface area contributed by atoms with E-state index >= 15 is 0 Å². The van der Waals surface area contributed by atoms with Gasteiger partial charge in [-0.15, -0.1) is 0 Å². The normalized spacial score (nSPS) is 24.8. The minimum Gasteiger partial charge on any atom is -0.481 e. The third-order valence-corrected chi connectivity index (χ3v) is 3.39. The monoisotopic (exact) mass is 229 g/mol. The van der Waals surface area contributed by atoms with Gasteiger partial charge in [0.2, 0.25) is 0 Å². The summed E-state index contributed by atoms with van der Waals surface area (Å²) in [6.45, 7) is 2.03. The van der Waals surface area contributed by atoms with Gasteiger partial charge in [0, 0.05) is 6.61 Å². The molecule has 1 rings (SSSR count). The second-order valence-electron chi connectivity index (χ2n) is 4.62. The van der Waals surface area contributed by atoms with E-state index in [-0.39, 0.29) is 12.5 Å². The van der Waals surface area contributed by atoms with Gasteiger partial charge in [-0.25, -0.2) is 0 Å². The van der Waals surface area contributed by atoms with Crippen LogP contribution in [0.2, 0.25) is 0 Å². The molecule has 1 saturated carbocycles. The number of aliphatic carboxylic acids is 1. The number of aliphatic hydroxyl groups excluding tert-OH is 1. The molecule has 2 atom stereocenters. The lowest BCUT2D eigenvalue weighted by atomic mass is 9.96. The molecule has 1 aliphatic rings. The summed E-state index contributed by atoms with van der Waals surface area (Å²) in [7, 11) is 0. The van der Waals surface area contributed by atoms with Crippen molar-refractivity contribution in [1.82, 2.24) is 5.32 Å². The first-order valence-corrected chi connectivity index (χ1v) is 6.30. The SMILES string of the molecule is O=C(O)C1CCCC1CNCCCCCO. The first-order valence-electron chi connectivity index (χ1n) is 6.30. The summed E-state index contributed by atoms with van der Waals surface area (Å²) in [6.07, 6.45) is 5.89. The predicted octanol–water partition coefficient (Wildman–Crippen LogP) is 1.24. The van der Waals surface area contributed by atoms with Crippen LogP contribution in [0.3, 0.4) is 0 Å². The molecule has 94 valence electrons. The Kier molecular flexibility index (Phi) is 6.42. The lowest BCUT2D eigenvalue weighted by Gasteiger charge is -2.16. The summed E-state index contributed by atoms with van der Waals surface area (Å²) in [5.41, 5.74) is 0. The molecule has 4 heteroatoms. The van der Waals surface area contributed by atoms with E-state index in [1.807, 2.05) is 0 Å². The average molecular weight is 229 g/mol. The smallest absolute Gasteiger partial charge is 0.306 e. The maximum absolute atomic E-state index is 10.9. The summed E-state index contributed by atoms with van der Waals surface area (Å²) in [5, 5.41) is 20.9. The highest BCUT2D eigenvalue weighted by Gasteiger charge is 2.32. The largest absolute Gasteiger partial charge is 0.481 e. The third-order valence-electron chi connectivity index (χ3n) is 3.39. The molecule has 0 spiro atoms. The van der Waals surface area contributed by atoms with Crippen molar-refractivity contribution in [2.75, 3.05) is 19.7 Å². The zero-order valence-corrected chi connectivity index (χ0v) is 9.82. The van der Waals surface area contributed by atoms with Crippen molar-refractivity contribution in [3.8, 4) is 0 Å². The van der Waals surface area contributed by atoms with Gasteiger partial charge in [-0.3, -0.25) is 4.79 Å². The maximum atomic E-state index is 10.9. The van der Waals surface area contributed by atoms with Gasteiger partial charge in [-0.05, 0) is 51.1 Å². The van der Waals surface area contributed by atoms with Crippen LogP contribution in [-0.2, 0) is 4.79 Å². The van der Waals surface area contributed by atoms with Crippen LogP contribution in [0.5, 0.6) is 0 Å². The van der Waals surface area contributed by atoms with Gasteiger partial charge < -0.3 is 15.5 Å². The van der Waals surface area contributed by atoms with E-state index in [0.29, 0.717) is 5.92 Å². The highest BCUT2D eigenvalue weighted by atomic mass is 16.4. The Balaban J connectivity index is 2.05. The molecule has 0 aromatic heterocycles. The molecule has 1 fully saturated rings. The topological polar surface area (TPSA) is 69.6 Å². The molecule has 16 heavy (non-hydrogen) atoms. The molecule has 3 N–H and O–H groups in total. The van der Waals surface area contributed by atoms with Gasteiger partial charge in [-0.1, -0.05) is 6.42 Å². The van der Waals surface area contributed by atoms with E-state index in [9.17, 15) is 4.79 Å². The van der Waals surface area contributed by atoms with Crippen molar-refractivity contribution >= 4 is 5.97 Å². The molecule has 0 bridgehead atoms. The second-order valence-corrected chi connectivity index (χ2v) is 4.62. The molecule has 0 saturated heterocycles. The number of unbranched alkanes of at least 4 members (excludes halogenated alkanes) is 2. The predicted molar refractivity (Wildman–Crippen MR) is 62.3 cm³/mol. The Morgan fingerprint density at radius 3 is 2.75 bits per heavy atom. The Morgan fingerprint density at radius 1 is 1.25 bits per heavy atom. The number of hydrogen-bond acceptors (Lipinski definition) is 3. The molecular weight excluding hydrogens is 206 g/mol. The van der Waals surface area contributed by atoms with Crippen molar-refractivity contribution in [2.45, 2.75) is 38.5 Å². The van der Waals surface area contributed by atoms with Crippen LogP contribution >= 0.6 is 0 Å². The zero-order chi connectivity index (χ0) is 11.8. The number of carboxylic acid groups (broad SMARTS) is 1. The van der Waals surface area contributed by atoms with Gasteiger partial charge >= 0.3 is 5.97 Å². The van der Waals surface area contributed by atoms with Crippen LogP contribution in [-0.4, -0.2) is 35.9 Å². The highest BCUT2D eigenvalue weighted by Crippen LogP contribution is 2.31. The fourth-order valence-corrected chi connectivity index (χ4v) is 2.43. The third kappa shape index (κ3) is 4.49. The second kappa shape index (κ2) is 7.63. The van der Waals surface area contributed by atoms with Crippen molar-refractivity contribution < 1.29 is 15.0 Å². The Morgan fingerprint density at radius 2 is 2.06 bits per heavy atom. The standard InChI is InChI=1S/C12H23NO3/c14-8-3-1-2-7-13-9-10-5-4-6-11(10)12(15)16/h10-11,13-14H,1-9H2,(H,15,16). The average Bonchev–Trinajstić information content (AvgIpc) is 2.71. The van der Waals surface area contributed by atoms with Crippen molar-refractivity contribution in [2.24, 2.45) is 11.8 Å². The van der Waals surface area contributed by atoms with Crippen molar-refractivity contribution in [3.05, 3.63) is 0 Å². The maximum Gasteiger partial charge on any atom is 0.306 e. The fourth-order valence-electron chi connectivity index (χ4n) is 2.43. The lowest BCUT2D eigenvalue weighted by Crippen LogP contribution is -2.29. The van der Waals surface area contributed by atoms with Crippen molar-refractivity contribution in [1.29, 1.82) is 0 Å². The zero-order valence-electron chi connectivity index (χ0n) is 9.82. The summed E-state index contributed by atoms with van der Waals surface area (Å²) in [5.74, 6) is -0.454. The number of hydrogen-bond donors (Lipinski definition) is 3. The van der Waals surface area contributed by atoms with Crippen LogP contribution in [0.1, 0.15) is 38.5 Å². The molecule has 0 aromatic rings. The Bertz CT molecular complexity index is 208. The van der Waals surface area contributed by atoms with E-state index < -0.39 is 5.97 Å². The molecule has 2 unspecified atom stereocenters. The summed E-state index contributed by atoms with van der Waals surface area (Å²) in [4.78, 5) is 10.9. The van der Waals surface area contributed by atoms with Crippen LogP contribution in [0.15, 0.2) is 0 Å². The molecule has 0 aromatic carbocycles. The van der Waals surface area contributed by atoms with Crippen LogP contribution in [0, 0.1) is 11.8 Å². The number of carboxylic acids is 1. The first kappa shape index (κ1) is 13.5. The minimum atomic E-state index is -0.635. The number of rotatable bonds is 8. The molecule has 0 heterocycles. The van der Waals surface area contributed by atoms with E-state index in [0.717, 1.165) is 51.6 Å². The first-order chi connectivity index (χ1) is 7.75. The van der Waals surface area contributed by atoms with Gasteiger partial charge in [0.25, 0.3) is 0 Å². The fraction of sp³-hybridized carbons (Fsp3) is 0.917. The number of carbonyl (C=O) groups is 1. The molecule has 0 radical (unpaired) electrons. The summed E-state index contributed by atoms with van der Waals surface area (Å²) in [6, 6.07) is 0. The summed E-state index contributed by atoms with van der Waals surface area (Å²) < 4.78 is 0. The van der Waals surface area contributed by atoms with E-state index in [1.54, 1.807) is 0 Å². The molecule has 0 aliphatic heterocycles. The lowest BCUT2D eigenvalue weighted by molar-refractivity contribution is -0.142. The molecule has 4 nitrogen and oxygen atoms in total. The van der Waals surface area contributed by atoms with E-state index in [4.69, 9.17) is 10.2 Å². The molecule has 0 amide bonds. The molecular formula is C12H23NO3. The van der Waals surface area contributed by atoms with Gasteiger partial charge in [0.1, 0.15) is 0 Å².